The van der Waals surface area contributed by atoms with Crippen LogP contribution in [-0.4, -0.2) is 0 Å². The van der Waals surface area contributed by atoms with Crippen LogP contribution in [-0.2, 0) is 4.33 Å². The summed E-state index contributed by atoms with van der Waals surface area (Å²) < 4.78 is -1.13. The predicted octanol–water partition coefficient (Wildman–Crippen LogP) is 4.24. The van der Waals surface area contributed by atoms with Crippen LogP contribution in [0.25, 0.3) is 0 Å². The molecule has 84 valence electrons. The maximum atomic E-state index is 8.86. The smallest absolute Gasteiger partial charge is 0.168 e. The minimum atomic E-state index is -1.13. The number of rotatable bonds is 2. The van der Waals surface area contributed by atoms with Gasteiger partial charge in [-0.25, -0.2) is 0 Å². The third kappa shape index (κ3) is 2.44. The van der Waals surface area contributed by atoms with E-state index < -0.39 is 4.33 Å². The molecule has 0 N–H and O–H groups in total. The van der Waals surface area contributed by atoms with Gasteiger partial charge in [-0.15, -0.1) is 0 Å². The zero-order chi connectivity index (χ0) is 12.3. The van der Waals surface area contributed by atoms with Gasteiger partial charge in [0.15, 0.2) is 4.33 Å². The van der Waals surface area contributed by atoms with E-state index in [-0.39, 0.29) is 0 Å². The lowest BCUT2D eigenvalue weighted by Gasteiger charge is -2.20. The van der Waals surface area contributed by atoms with E-state index in [0.717, 1.165) is 5.56 Å². The lowest BCUT2D eigenvalue weighted by molar-refractivity contribution is 1.04. The van der Waals surface area contributed by atoms with Crippen molar-refractivity contribution in [3.63, 3.8) is 0 Å². The molecule has 0 aliphatic rings. The first-order chi connectivity index (χ1) is 8.14. The molecule has 0 radical (unpaired) electrons. The van der Waals surface area contributed by atoms with Crippen LogP contribution in [0, 0.1) is 11.3 Å². The zero-order valence-electron chi connectivity index (χ0n) is 8.90. The number of hydrogen-bond acceptors (Lipinski definition) is 1. The molecule has 3 heteroatoms. The van der Waals surface area contributed by atoms with Crippen LogP contribution in [0.2, 0.25) is 0 Å². The number of alkyl halides is 2. The largest absolute Gasteiger partial charge is 0.192 e. The van der Waals surface area contributed by atoms with Gasteiger partial charge in [0.1, 0.15) is 0 Å². The standard InChI is InChI=1S/C14H9Cl2N/c15-14(16,12-6-2-1-3-7-12)13-8-4-5-11(9-13)10-17/h1-9H. The highest BCUT2D eigenvalue weighted by atomic mass is 35.5. The predicted molar refractivity (Wildman–Crippen MR) is 70.1 cm³/mol. The highest BCUT2D eigenvalue weighted by molar-refractivity contribution is 6.50. The number of hydrogen-bond donors (Lipinski definition) is 0. The van der Waals surface area contributed by atoms with E-state index in [1.807, 2.05) is 36.4 Å². The van der Waals surface area contributed by atoms with Gasteiger partial charge in [-0.05, 0) is 23.3 Å². The van der Waals surface area contributed by atoms with Crippen molar-refractivity contribution in [2.75, 3.05) is 0 Å². The van der Waals surface area contributed by atoms with Gasteiger partial charge in [0.05, 0.1) is 11.6 Å². The van der Waals surface area contributed by atoms with Gasteiger partial charge in [-0.3, -0.25) is 0 Å². The second kappa shape index (κ2) is 4.79. The van der Waals surface area contributed by atoms with Crippen molar-refractivity contribution in [3.8, 4) is 6.07 Å². The summed E-state index contributed by atoms with van der Waals surface area (Å²) in [5, 5.41) is 8.86. The van der Waals surface area contributed by atoms with Crippen molar-refractivity contribution >= 4 is 23.2 Å². The van der Waals surface area contributed by atoms with Crippen molar-refractivity contribution in [3.05, 3.63) is 71.3 Å². The summed E-state index contributed by atoms with van der Waals surface area (Å²) in [6.07, 6.45) is 0. The Morgan fingerprint density at radius 3 is 2.18 bits per heavy atom. The van der Waals surface area contributed by atoms with Crippen molar-refractivity contribution < 1.29 is 0 Å². The average molecular weight is 262 g/mol. The Morgan fingerprint density at radius 2 is 1.53 bits per heavy atom. The normalized spacial score (nSPS) is 10.9. The molecule has 0 atom stereocenters. The van der Waals surface area contributed by atoms with Crippen LogP contribution in [0.5, 0.6) is 0 Å². The maximum absolute atomic E-state index is 8.86. The molecule has 0 aromatic heterocycles. The van der Waals surface area contributed by atoms with E-state index in [1.165, 1.54) is 0 Å². The Bertz CT molecular complexity index is 556. The molecular formula is C14H9Cl2N. The summed E-state index contributed by atoms with van der Waals surface area (Å²) in [5.74, 6) is 0. The SMILES string of the molecule is N#Cc1cccc(C(Cl)(Cl)c2ccccc2)c1. The van der Waals surface area contributed by atoms with Gasteiger partial charge in [0.2, 0.25) is 0 Å². The molecule has 0 spiro atoms. The second-order valence-corrected chi connectivity index (χ2v) is 4.96. The first-order valence-corrected chi connectivity index (χ1v) is 5.84. The van der Waals surface area contributed by atoms with Gasteiger partial charge >= 0.3 is 0 Å². The van der Waals surface area contributed by atoms with Crippen LogP contribution >= 0.6 is 23.2 Å². The van der Waals surface area contributed by atoms with Crippen LogP contribution < -0.4 is 0 Å². The molecule has 17 heavy (non-hydrogen) atoms. The summed E-state index contributed by atoms with van der Waals surface area (Å²) in [4.78, 5) is 0. The monoisotopic (exact) mass is 261 g/mol. The Morgan fingerprint density at radius 1 is 0.882 bits per heavy atom. The molecule has 0 saturated heterocycles. The Kier molecular flexibility index (Phi) is 3.38. The minimum Gasteiger partial charge on any atom is -0.192 e. The molecule has 2 aromatic carbocycles. The molecule has 0 unspecified atom stereocenters. The van der Waals surface area contributed by atoms with E-state index in [2.05, 4.69) is 6.07 Å². The Hall–Kier alpha value is -1.49. The molecule has 1 nitrogen and oxygen atoms in total. The molecule has 0 amide bonds. The van der Waals surface area contributed by atoms with Crippen LogP contribution in [0.3, 0.4) is 0 Å². The topological polar surface area (TPSA) is 23.8 Å². The number of benzene rings is 2. The third-order valence-corrected chi connectivity index (χ3v) is 3.36. The molecule has 0 fully saturated rings. The maximum Gasteiger partial charge on any atom is 0.168 e. The highest BCUT2D eigenvalue weighted by Gasteiger charge is 2.28. The number of nitrogens with zero attached hydrogens (tertiary/aromatic N) is 1. The molecular weight excluding hydrogens is 253 g/mol. The molecule has 0 aliphatic heterocycles. The van der Waals surface area contributed by atoms with Gasteiger partial charge < -0.3 is 0 Å². The third-order valence-electron chi connectivity index (χ3n) is 2.49. The van der Waals surface area contributed by atoms with Crippen molar-refractivity contribution in [2.45, 2.75) is 4.33 Å². The number of halogens is 2. The Labute approximate surface area is 110 Å². The minimum absolute atomic E-state index is 0.545. The summed E-state index contributed by atoms with van der Waals surface area (Å²) >= 11 is 12.7. The van der Waals surface area contributed by atoms with E-state index in [4.69, 9.17) is 28.5 Å². The van der Waals surface area contributed by atoms with Gasteiger partial charge in [0, 0.05) is 0 Å². The summed E-state index contributed by atoms with van der Waals surface area (Å²) in [5.41, 5.74) is 2.04. The molecule has 2 aromatic rings. The molecule has 0 bridgehead atoms. The van der Waals surface area contributed by atoms with Crippen molar-refractivity contribution in [1.29, 1.82) is 5.26 Å². The quantitative estimate of drug-likeness (QED) is 0.742. The summed E-state index contributed by atoms with van der Waals surface area (Å²) in [6, 6.07) is 18.5. The lowest BCUT2D eigenvalue weighted by atomic mass is 10.0. The fourth-order valence-corrected chi connectivity index (χ4v) is 2.09. The molecule has 0 saturated carbocycles. The fraction of sp³-hybridized carbons (Fsp3) is 0.0714. The first kappa shape index (κ1) is 12.0. The summed E-state index contributed by atoms with van der Waals surface area (Å²) in [7, 11) is 0. The molecule has 2 rings (SSSR count). The first-order valence-electron chi connectivity index (χ1n) is 5.08. The average Bonchev–Trinajstić information content (AvgIpc) is 2.40. The zero-order valence-corrected chi connectivity index (χ0v) is 10.4. The second-order valence-electron chi connectivity index (χ2n) is 3.63. The Balaban J connectivity index is 2.48. The lowest BCUT2D eigenvalue weighted by Crippen LogP contribution is -2.12. The number of nitriles is 1. The van der Waals surface area contributed by atoms with E-state index in [0.29, 0.717) is 11.1 Å². The molecule has 0 heterocycles. The van der Waals surface area contributed by atoms with Crippen LogP contribution in [0.15, 0.2) is 54.6 Å². The van der Waals surface area contributed by atoms with Gasteiger partial charge in [-0.1, -0.05) is 65.7 Å². The van der Waals surface area contributed by atoms with Crippen molar-refractivity contribution in [1.82, 2.24) is 0 Å². The van der Waals surface area contributed by atoms with Gasteiger partial charge in [0.25, 0.3) is 0 Å². The van der Waals surface area contributed by atoms with E-state index in [9.17, 15) is 0 Å². The van der Waals surface area contributed by atoms with E-state index >= 15 is 0 Å². The van der Waals surface area contributed by atoms with Crippen LogP contribution in [0.4, 0.5) is 0 Å². The highest BCUT2D eigenvalue weighted by Crippen LogP contribution is 2.40. The molecule has 0 aliphatic carbocycles. The van der Waals surface area contributed by atoms with Crippen molar-refractivity contribution in [2.24, 2.45) is 0 Å². The van der Waals surface area contributed by atoms with E-state index in [1.54, 1.807) is 18.2 Å². The van der Waals surface area contributed by atoms with Crippen LogP contribution in [0.1, 0.15) is 16.7 Å². The van der Waals surface area contributed by atoms with Gasteiger partial charge in [-0.2, -0.15) is 5.26 Å². The summed E-state index contributed by atoms with van der Waals surface area (Å²) in [6.45, 7) is 0. The fourth-order valence-electron chi connectivity index (χ4n) is 1.60.